The van der Waals surface area contributed by atoms with Crippen LogP contribution in [0.25, 0.3) is 22.2 Å². The van der Waals surface area contributed by atoms with Crippen molar-refractivity contribution in [2.75, 3.05) is 5.73 Å². The summed E-state index contributed by atoms with van der Waals surface area (Å²) in [7, 11) is 0. The Balaban J connectivity index is 1.39. The third-order valence-electron chi connectivity index (χ3n) is 6.02. The number of aromatic amines is 2. The monoisotopic (exact) mass is 562 g/mol. The molecule has 3 aromatic carbocycles. The molecule has 0 spiro atoms. The Hall–Kier alpha value is -3.62. The molecule has 0 radical (unpaired) electrons. The molecule has 36 heavy (non-hydrogen) atoms. The summed E-state index contributed by atoms with van der Waals surface area (Å²) in [6.07, 6.45) is 1.57. The Morgan fingerprint density at radius 3 is 2.67 bits per heavy atom. The fourth-order valence-electron chi connectivity index (χ4n) is 4.20. The molecule has 5 aromatic rings. The van der Waals surface area contributed by atoms with Gasteiger partial charge in [0, 0.05) is 21.8 Å². The van der Waals surface area contributed by atoms with Crippen LogP contribution in [0, 0.1) is 0 Å². The summed E-state index contributed by atoms with van der Waals surface area (Å²) in [5.74, 6) is 0.983. The first-order valence-corrected chi connectivity index (χ1v) is 12.7. The predicted molar refractivity (Wildman–Crippen MR) is 147 cm³/mol. The molecule has 0 bridgehead atoms. The number of benzene rings is 3. The second kappa shape index (κ2) is 10.6. The Kier molecular flexibility index (Phi) is 7.06. The summed E-state index contributed by atoms with van der Waals surface area (Å²) in [5, 5.41) is 11.4. The molecule has 0 aliphatic carbocycles. The summed E-state index contributed by atoms with van der Waals surface area (Å²) in [5.41, 5.74) is 10.3. The van der Waals surface area contributed by atoms with E-state index in [2.05, 4.69) is 36.4 Å². The number of rotatable bonds is 8. The van der Waals surface area contributed by atoms with E-state index in [1.54, 1.807) is 0 Å². The standard InChI is InChI=1S/C27H24BrClN6O/c28-19-8-4-7-17(13-19)9-12-23(36)31-22(14-16-5-2-1-3-6-16)27-32-24(25(29)33-27)18-10-11-20-21(15-18)34-35-26(20)30/h1-8,10-11,13,15,22H,9,12,14H2,(H,31,36)(H,32,33)(H3,30,34,35)/t22-/m0/s1. The molecule has 182 valence electrons. The molecule has 0 saturated heterocycles. The van der Waals surface area contributed by atoms with Crippen molar-refractivity contribution < 1.29 is 4.79 Å². The van der Waals surface area contributed by atoms with Crippen LogP contribution < -0.4 is 11.1 Å². The number of nitrogens with one attached hydrogen (secondary N) is 3. The largest absolute Gasteiger partial charge is 0.382 e. The number of nitrogens with two attached hydrogens (primary N) is 1. The van der Waals surface area contributed by atoms with Crippen LogP contribution in [-0.2, 0) is 17.6 Å². The molecule has 2 heterocycles. The fourth-order valence-corrected chi connectivity index (χ4v) is 4.89. The van der Waals surface area contributed by atoms with Gasteiger partial charge in [-0.25, -0.2) is 4.98 Å². The SMILES string of the molecule is Nc1n[nH]c2cc(-c3nc([C@H](Cc4ccccc4)NC(=O)CCc4cccc(Br)c4)[nH]c3Cl)ccc12. The van der Waals surface area contributed by atoms with Gasteiger partial charge in [-0.2, -0.15) is 5.10 Å². The maximum Gasteiger partial charge on any atom is 0.220 e. The number of anilines is 1. The zero-order valence-electron chi connectivity index (χ0n) is 19.3. The van der Waals surface area contributed by atoms with Crippen LogP contribution in [0.4, 0.5) is 5.82 Å². The molecule has 1 atom stereocenters. The molecule has 2 aromatic heterocycles. The summed E-state index contributed by atoms with van der Waals surface area (Å²) in [6, 6.07) is 23.3. The number of halogens is 2. The maximum absolute atomic E-state index is 13.0. The Bertz CT molecular complexity index is 1510. The van der Waals surface area contributed by atoms with Crippen LogP contribution in [0.3, 0.4) is 0 Å². The molecule has 0 saturated carbocycles. The first kappa shape index (κ1) is 24.1. The fraction of sp³-hybridized carbons (Fsp3) is 0.148. The minimum Gasteiger partial charge on any atom is -0.382 e. The van der Waals surface area contributed by atoms with Gasteiger partial charge in [-0.15, -0.1) is 0 Å². The number of aromatic nitrogens is 4. The quantitative estimate of drug-likeness (QED) is 0.186. The average molecular weight is 564 g/mol. The minimum absolute atomic E-state index is 0.0562. The van der Waals surface area contributed by atoms with E-state index in [1.165, 1.54) is 0 Å². The molecule has 0 fully saturated rings. The zero-order valence-corrected chi connectivity index (χ0v) is 21.6. The number of hydrogen-bond donors (Lipinski definition) is 4. The second-order valence-corrected chi connectivity index (χ2v) is 9.89. The number of imidazole rings is 1. The van der Waals surface area contributed by atoms with E-state index in [1.807, 2.05) is 72.8 Å². The zero-order chi connectivity index (χ0) is 25.1. The predicted octanol–water partition coefficient (Wildman–Crippen LogP) is 5.98. The van der Waals surface area contributed by atoms with Gasteiger partial charge < -0.3 is 16.0 Å². The Morgan fingerprint density at radius 2 is 1.86 bits per heavy atom. The number of aryl methyl sites for hydroxylation is 1. The highest BCUT2D eigenvalue weighted by Gasteiger charge is 2.22. The molecule has 7 nitrogen and oxygen atoms in total. The summed E-state index contributed by atoms with van der Waals surface area (Å²) >= 11 is 10.1. The van der Waals surface area contributed by atoms with Crippen molar-refractivity contribution in [1.82, 2.24) is 25.5 Å². The molecule has 0 aliphatic rings. The van der Waals surface area contributed by atoms with Crippen molar-refractivity contribution in [2.24, 2.45) is 0 Å². The molecular weight excluding hydrogens is 540 g/mol. The van der Waals surface area contributed by atoms with Crippen molar-refractivity contribution in [3.05, 3.63) is 99.4 Å². The van der Waals surface area contributed by atoms with Crippen LogP contribution in [0.2, 0.25) is 5.15 Å². The number of fused-ring (bicyclic) bond motifs is 1. The third kappa shape index (κ3) is 5.45. The van der Waals surface area contributed by atoms with Gasteiger partial charge in [0.2, 0.25) is 5.91 Å². The van der Waals surface area contributed by atoms with Gasteiger partial charge >= 0.3 is 0 Å². The van der Waals surface area contributed by atoms with Gasteiger partial charge in [-0.05, 0) is 48.2 Å². The summed E-state index contributed by atoms with van der Waals surface area (Å²) in [4.78, 5) is 21.0. The lowest BCUT2D eigenvalue weighted by Crippen LogP contribution is -2.31. The normalized spacial score (nSPS) is 12.1. The second-order valence-electron chi connectivity index (χ2n) is 8.59. The van der Waals surface area contributed by atoms with Crippen molar-refractivity contribution in [3.8, 4) is 11.3 Å². The van der Waals surface area contributed by atoms with Crippen LogP contribution in [-0.4, -0.2) is 26.1 Å². The van der Waals surface area contributed by atoms with Crippen molar-refractivity contribution >= 4 is 50.2 Å². The van der Waals surface area contributed by atoms with Gasteiger partial charge in [0.05, 0.1) is 11.6 Å². The number of carbonyl (C=O) groups excluding carboxylic acids is 1. The molecule has 9 heteroatoms. The lowest BCUT2D eigenvalue weighted by Gasteiger charge is -2.17. The topological polar surface area (TPSA) is 112 Å². The number of amides is 1. The van der Waals surface area contributed by atoms with Gasteiger partial charge in [0.15, 0.2) is 5.82 Å². The van der Waals surface area contributed by atoms with Crippen LogP contribution in [0.5, 0.6) is 0 Å². The van der Waals surface area contributed by atoms with Gasteiger partial charge in [0.1, 0.15) is 16.7 Å². The number of nitrogens with zero attached hydrogens (tertiary/aromatic N) is 2. The van der Waals surface area contributed by atoms with E-state index >= 15 is 0 Å². The molecule has 0 aliphatic heterocycles. The summed E-state index contributed by atoms with van der Waals surface area (Å²) < 4.78 is 0.996. The third-order valence-corrected chi connectivity index (χ3v) is 6.79. The first-order valence-electron chi connectivity index (χ1n) is 11.5. The Morgan fingerprint density at radius 1 is 1.06 bits per heavy atom. The van der Waals surface area contributed by atoms with Crippen molar-refractivity contribution in [3.63, 3.8) is 0 Å². The van der Waals surface area contributed by atoms with Gasteiger partial charge in [-0.3, -0.25) is 9.89 Å². The molecule has 5 N–H and O–H groups in total. The number of hydrogen-bond acceptors (Lipinski definition) is 4. The van der Waals surface area contributed by atoms with Crippen LogP contribution in [0.1, 0.15) is 29.4 Å². The van der Waals surface area contributed by atoms with Gasteiger partial charge in [-0.1, -0.05) is 76.1 Å². The average Bonchev–Trinajstić information content (AvgIpc) is 3.45. The lowest BCUT2D eigenvalue weighted by atomic mass is 10.0. The number of H-pyrrole nitrogens is 2. The first-order chi connectivity index (χ1) is 17.5. The molecule has 0 unspecified atom stereocenters. The molecular formula is C27H24BrClN6O. The van der Waals surface area contributed by atoms with Crippen molar-refractivity contribution in [2.45, 2.75) is 25.3 Å². The molecule has 5 rings (SSSR count). The van der Waals surface area contributed by atoms with E-state index in [-0.39, 0.29) is 11.9 Å². The van der Waals surface area contributed by atoms with Crippen molar-refractivity contribution in [1.29, 1.82) is 0 Å². The van der Waals surface area contributed by atoms with Crippen LogP contribution in [0.15, 0.2) is 77.3 Å². The van der Waals surface area contributed by atoms with Crippen LogP contribution >= 0.6 is 27.5 Å². The van der Waals surface area contributed by atoms with E-state index < -0.39 is 0 Å². The van der Waals surface area contributed by atoms with Gasteiger partial charge in [0.25, 0.3) is 0 Å². The van der Waals surface area contributed by atoms with E-state index in [9.17, 15) is 4.79 Å². The molecule has 1 amide bonds. The number of nitrogen functional groups attached to an aromatic ring is 1. The maximum atomic E-state index is 13.0. The highest BCUT2D eigenvalue weighted by atomic mass is 79.9. The highest BCUT2D eigenvalue weighted by Crippen LogP contribution is 2.31. The lowest BCUT2D eigenvalue weighted by molar-refractivity contribution is -0.121. The minimum atomic E-state index is -0.375. The Labute approximate surface area is 221 Å². The summed E-state index contributed by atoms with van der Waals surface area (Å²) in [6.45, 7) is 0. The smallest absolute Gasteiger partial charge is 0.220 e. The van der Waals surface area contributed by atoms with E-state index in [0.29, 0.717) is 41.8 Å². The highest BCUT2D eigenvalue weighted by molar-refractivity contribution is 9.10. The number of carbonyl (C=O) groups is 1. The van der Waals surface area contributed by atoms with E-state index in [4.69, 9.17) is 22.3 Å². The van der Waals surface area contributed by atoms with E-state index in [0.717, 1.165) is 32.1 Å².